The topological polar surface area (TPSA) is 73.9 Å². The minimum Gasteiger partial charge on any atom is -0.493 e. The summed E-state index contributed by atoms with van der Waals surface area (Å²) in [5, 5.41) is 2.77. The quantitative estimate of drug-likeness (QED) is 0.626. The molecule has 1 amide bonds. The lowest BCUT2D eigenvalue weighted by Gasteiger charge is -2.26. The average molecular weight is 369 g/mol. The summed E-state index contributed by atoms with van der Waals surface area (Å²) >= 11 is 0. The molecule has 1 saturated heterocycles. The van der Waals surface area contributed by atoms with E-state index in [1.165, 1.54) is 7.11 Å². The van der Waals surface area contributed by atoms with Gasteiger partial charge < -0.3 is 19.5 Å². The Morgan fingerprint density at radius 1 is 1.15 bits per heavy atom. The monoisotopic (exact) mass is 369 g/mol. The van der Waals surface area contributed by atoms with Gasteiger partial charge >= 0.3 is 5.97 Å². The van der Waals surface area contributed by atoms with E-state index < -0.39 is 11.4 Å². The first-order valence-electron chi connectivity index (χ1n) is 8.72. The van der Waals surface area contributed by atoms with Gasteiger partial charge in [-0.1, -0.05) is 36.4 Å². The van der Waals surface area contributed by atoms with Crippen molar-refractivity contribution in [2.24, 2.45) is 5.41 Å². The van der Waals surface area contributed by atoms with Crippen molar-refractivity contribution in [2.45, 2.75) is 19.4 Å². The van der Waals surface area contributed by atoms with Crippen LogP contribution in [0.4, 0.5) is 0 Å². The highest BCUT2D eigenvalue weighted by molar-refractivity contribution is 6.05. The zero-order valence-electron chi connectivity index (χ0n) is 15.7. The van der Waals surface area contributed by atoms with Crippen molar-refractivity contribution < 1.29 is 23.8 Å². The van der Waals surface area contributed by atoms with Crippen LogP contribution in [0.15, 0.2) is 48.5 Å². The maximum absolute atomic E-state index is 12.3. The molecule has 2 aromatic carbocycles. The summed E-state index contributed by atoms with van der Waals surface area (Å²) in [5.74, 6) is -0.0911. The molecule has 2 aromatic rings. The van der Waals surface area contributed by atoms with Crippen molar-refractivity contribution in [3.63, 3.8) is 0 Å². The molecule has 6 nitrogen and oxygen atoms in total. The molecule has 0 radical (unpaired) electrons. The smallest absolute Gasteiger partial charge is 0.321 e. The SMILES string of the molecule is COC(=O)C1(C)C(=O)NCC1c1ccc(OC)c(OCc2ccccc2)c1. The molecule has 2 atom stereocenters. The highest BCUT2D eigenvalue weighted by atomic mass is 16.5. The van der Waals surface area contributed by atoms with Crippen LogP contribution in [0.5, 0.6) is 11.5 Å². The molecule has 0 saturated carbocycles. The van der Waals surface area contributed by atoms with Crippen LogP contribution < -0.4 is 14.8 Å². The third-order valence-electron chi connectivity index (χ3n) is 5.07. The molecule has 1 fully saturated rings. The first-order valence-corrected chi connectivity index (χ1v) is 8.72. The van der Waals surface area contributed by atoms with E-state index >= 15 is 0 Å². The van der Waals surface area contributed by atoms with E-state index in [1.807, 2.05) is 42.5 Å². The second-order valence-corrected chi connectivity index (χ2v) is 6.64. The van der Waals surface area contributed by atoms with Crippen molar-refractivity contribution in [2.75, 3.05) is 20.8 Å². The third-order valence-corrected chi connectivity index (χ3v) is 5.07. The van der Waals surface area contributed by atoms with E-state index in [9.17, 15) is 9.59 Å². The lowest BCUT2D eigenvalue weighted by Crippen LogP contribution is -2.40. The molecule has 6 heteroatoms. The molecule has 0 aromatic heterocycles. The fraction of sp³-hybridized carbons (Fsp3) is 0.333. The maximum atomic E-state index is 12.3. The molecular formula is C21H23NO5. The largest absolute Gasteiger partial charge is 0.493 e. The number of benzene rings is 2. The van der Waals surface area contributed by atoms with Gasteiger partial charge in [0.1, 0.15) is 6.61 Å². The van der Waals surface area contributed by atoms with Crippen molar-refractivity contribution >= 4 is 11.9 Å². The Morgan fingerprint density at radius 2 is 1.89 bits per heavy atom. The summed E-state index contributed by atoms with van der Waals surface area (Å²) in [7, 11) is 2.86. The van der Waals surface area contributed by atoms with E-state index in [1.54, 1.807) is 20.1 Å². The van der Waals surface area contributed by atoms with Gasteiger partial charge in [0.15, 0.2) is 16.9 Å². The normalized spacial score (nSPS) is 21.4. The van der Waals surface area contributed by atoms with Crippen LogP contribution in [-0.2, 0) is 20.9 Å². The summed E-state index contributed by atoms with van der Waals surface area (Å²) < 4.78 is 16.2. The molecule has 1 aliphatic heterocycles. The van der Waals surface area contributed by atoms with Gasteiger partial charge in [0.25, 0.3) is 0 Å². The van der Waals surface area contributed by atoms with Gasteiger partial charge in [0, 0.05) is 12.5 Å². The minimum atomic E-state index is -1.28. The standard InChI is InChI=1S/C21H23NO5/c1-21(20(24)26-3)16(12-22-19(21)23)15-9-10-17(25-2)18(11-15)27-13-14-7-5-4-6-8-14/h4-11,16H,12-13H2,1-3H3,(H,22,23). The first-order chi connectivity index (χ1) is 13.0. The number of nitrogens with one attached hydrogen (secondary N) is 1. The molecule has 2 unspecified atom stereocenters. The van der Waals surface area contributed by atoms with Gasteiger partial charge in [-0.25, -0.2) is 0 Å². The molecule has 0 spiro atoms. The maximum Gasteiger partial charge on any atom is 0.321 e. The van der Waals surface area contributed by atoms with Crippen LogP contribution in [0.3, 0.4) is 0 Å². The number of ether oxygens (including phenoxy) is 3. The summed E-state index contributed by atoms with van der Waals surface area (Å²) in [6.45, 7) is 2.35. The molecule has 142 valence electrons. The Labute approximate surface area is 158 Å². The van der Waals surface area contributed by atoms with Crippen LogP contribution in [0, 0.1) is 5.41 Å². The van der Waals surface area contributed by atoms with Crippen molar-refractivity contribution in [1.82, 2.24) is 5.32 Å². The van der Waals surface area contributed by atoms with E-state index in [-0.39, 0.29) is 11.8 Å². The Morgan fingerprint density at radius 3 is 2.56 bits per heavy atom. The summed E-state index contributed by atoms with van der Waals surface area (Å²) in [5.41, 5.74) is 0.562. The average Bonchev–Trinajstić information content (AvgIpc) is 3.02. The number of hydrogen-bond donors (Lipinski definition) is 1. The molecule has 3 rings (SSSR count). The summed E-state index contributed by atoms with van der Waals surface area (Å²) in [6, 6.07) is 15.3. The second-order valence-electron chi connectivity index (χ2n) is 6.64. The number of rotatable bonds is 6. The van der Waals surface area contributed by atoms with E-state index in [0.717, 1.165) is 11.1 Å². The molecule has 1 N–H and O–H groups in total. The molecule has 0 aliphatic carbocycles. The van der Waals surface area contributed by atoms with Gasteiger partial charge in [-0.05, 0) is 30.2 Å². The van der Waals surface area contributed by atoms with E-state index in [0.29, 0.717) is 24.7 Å². The number of carbonyl (C=O) groups is 2. The Balaban J connectivity index is 1.90. The number of hydrogen-bond acceptors (Lipinski definition) is 5. The van der Waals surface area contributed by atoms with E-state index in [2.05, 4.69) is 5.32 Å². The molecule has 1 heterocycles. The molecule has 1 aliphatic rings. The highest BCUT2D eigenvalue weighted by Crippen LogP contribution is 2.43. The Hall–Kier alpha value is -3.02. The molecule has 27 heavy (non-hydrogen) atoms. The zero-order valence-corrected chi connectivity index (χ0v) is 15.7. The van der Waals surface area contributed by atoms with Crippen LogP contribution in [-0.4, -0.2) is 32.6 Å². The summed E-state index contributed by atoms with van der Waals surface area (Å²) in [4.78, 5) is 24.6. The number of methoxy groups -OCH3 is 2. The van der Waals surface area contributed by atoms with Gasteiger partial charge in [0.05, 0.1) is 14.2 Å². The van der Waals surface area contributed by atoms with Crippen LogP contribution in [0.25, 0.3) is 0 Å². The third kappa shape index (κ3) is 3.47. The number of amides is 1. The van der Waals surface area contributed by atoms with Crippen molar-refractivity contribution in [3.8, 4) is 11.5 Å². The first kappa shape index (κ1) is 18.8. The number of carbonyl (C=O) groups excluding carboxylic acids is 2. The Kier molecular flexibility index (Phi) is 5.35. The van der Waals surface area contributed by atoms with Gasteiger partial charge in [-0.2, -0.15) is 0 Å². The van der Waals surface area contributed by atoms with Gasteiger partial charge in [-0.3, -0.25) is 9.59 Å². The fourth-order valence-electron chi connectivity index (χ4n) is 3.40. The lowest BCUT2D eigenvalue weighted by atomic mass is 9.75. The van der Waals surface area contributed by atoms with Crippen molar-refractivity contribution in [3.05, 3.63) is 59.7 Å². The van der Waals surface area contributed by atoms with Gasteiger partial charge in [-0.15, -0.1) is 0 Å². The van der Waals surface area contributed by atoms with Crippen LogP contribution >= 0.6 is 0 Å². The summed E-state index contributed by atoms with van der Waals surface area (Å²) in [6.07, 6.45) is 0. The highest BCUT2D eigenvalue weighted by Gasteiger charge is 2.54. The minimum absolute atomic E-state index is 0.332. The second kappa shape index (κ2) is 7.70. The van der Waals surface area contributed by atoms with Gasteiger partial charge in [0.2, 0.25) is 5.91 Å². The lowest BCUT2D eigenvalue weighted by molar-refractivity contribution is -0.156. The fourth-order valence-corrected chi connectivity index (χ4v) is 3.40. The van der Waals surface area contributed by atoms with Crippen LogP contribution in [0.1, 0.15) is 24.0 Å². The van der Waals surface area contributed by atoms with Crippen LogP contribution in [0.2, 0.25) is 0 Å². The van der Waals surface area contributed by atoms with Crippen molar-refractivity contribution in [1.29, 1.82) is 0 Å². The Bertz CT molecular complexity index is 836. The molecular weight excluding hydrogens is 346 g/mol. The predicted molar refractivity (Wildman–Crippen MR) is 99.6 cm³/mol. The van der Waals surface area contributed by atoms with E-state index in [4.69, 9.17) is 14.2 Å². The zero-order chi connectivity index (χ0) is 19.4. The number of esters is 1. The molecule has 0 bridgehead atoms. The predicted octanol–water partition coefficient (Wildman–Crippen LogP) is 2.67.